The third-order valence-corrected chi connectivity index (χ3v) is 4.69. The molecular weight excluding hydrogens is 262 g/mol. The second-order valence-corrected chi connectivity index (χ2v) is 6.28. The number of piperidine rings is 1. The van der Waals surface area contributed by atoms with Gasteiger partial charge in [0, 0.05) is 13.1 Å². The Balaban J connectivity index is 1.61. The predicted octanol–water partition coefficient (Wildman–Crippen LogP) is 2.95. The highest BCUT2D eigenvalue weighted by molar-refractivity contribution is 5.72. The number of nitrogens with zero attached hydrogens (tertiary/aromatic N) is 1. The van der Waals surface area contributed by atoms with Gasteiger partial charge in [-0.2, -0.15) is 0 Å². The van der Waals surface area contributed by atoms with Crippen LogP contribution in [0.2, 0.25) is 0 Å². The zero-order valence-electron chi connectivity index (χ0n) is 12.9. The first-order valence-electron chi connectivity index (χ1n) is 8.26. The van der Waals surface area contributed by atoms with E-state index in [2.05, 4.69) is 23.1 Å². The molecule has 0 aromatic heterocycles. The minimum atomic E-state index is -0.0175. The molecule has 0 bridgehead atoms. The summed E-state index contributed by atoms with van der Waals surface area (Å²) in [7, 11) is 0. The molecule has 1 aromatic rings. The van der Waals surface area contributed by atoms with Gasteiger partial charge in [-0.25, -0.2) is 0 Å². The Kier molecular flexibility index (Phi) is 4.59. The number of carbonyl (C=O) groups excluding carboxylic acids is 1. The summed E-state index contributed by atoms with van der Waals surface area (Å²) in [5.74, 6) is 0.0456. The second kappa shape index (κ2) is 6.61. The summed E-state index contributed by atoms with van der Waals surface area (Å²) in [5, 5.41) is 0. The first-order chi connectivity index (χ1) is 10.3. The molecule has 2 aliphatic rings. The second-order valence-electron chi connectivity index (χ2n) is 6.28. The van der Waals surface area contributed by atoms with Crippen LogP contribution < -0.4 is 0 Å². The van der Waals surface area contributed by atoms with Crippen molar-refractivity contribution in [2.24, 2.45) is 5.92 Å². The highest BCUT2D eigenvalue weighted by atomic mass is 16.5. The molecular formula is C18H25NO2. The molecule has 0 N–H and O–H groups in total. The predicted molar refractivity (Wildman–Crippen MR) is 83.1 cm³/mol. The normalized spacial score (nSPS) is 22.0. The van der Waals surface area contributed by atoms with Gasteiger partial charge in [-0.1, -0.05) is 18.2 Å². The zero-order chi connectivity index (χ0) is 14.7. The Morgan fingerprint density at radius 2 is 2.14 bits per heavy atom. The highest BCUT2D eigenvalue weighted by Gasteiger charge is 2.26. The van der Waals surface area contributed by atoms with Crippen molar-refractivity contribution in [3.8, 4) is 0 Å². The molecule has 3 rings (SSSR count). The summed E-state index contributed by atoms with van der Waals surface area (Å²) in [6.45, 7) is 5.26. The first kappa shape index (κ1) is 14.6. The van der Waals surface area contributed by atoms with E-state index in [-0.39, 0.29) is 11.9 Å². The first-order valence-corrected chi connectivity index (χ1v) is 8.26. The largest absolute Gasteiger partial charge is 0.466 e. The minimum Gasteiger partial charge on any atom is -0.466 e. The molecule has 1 aliphatic carbocycles. The van der Waals surface area contributed by atoms with Crippen LogP contribution in [-0.2, 0) is 28.9 Å². The molecule has 1 atom stereocenters. The molecule has 1 fully saturated rings. The molecule has 1 saturated heterocycles. The van der Waals surface area contributed by atoms with E-state index in [1.807, 2.05) is 6.92 Å². The number of hydrogen-bond donors (Lipinski definition) is 0. The van der Waals surface area contributed by atoms with Gasteiger partial charge in [-0.15, -0.1) is 0 Å². The number of esters is 1. The van der Waals surface area contributed by atoms with Gasteiger partial charge in [-0.05, 0) is 62.3 Å². The Hall–Kier alpha value is -1.35. The van der Waals surface area contributed by atoms with E-state index >= 15 is 0 Å². The van der Waals surface area contributed by atoms with E-state index in [1.165, 1.54) is 36.0 Å². The van der Waals surface area contributed by atoms with Crippen molar-refractivity contribution in [2.75, 3.05) is 19.7 Å². The van der Waals surface area contributed by atoms with Crippen LogP contribution in [0, 0.1) is 5.92 Å². The lowest BCUT2D eigenvalue weighted by molar-refractivity contribution is -0.150. The van der Waals surface area contributed by atoms with Crippen molar-refractivity contribution in [1.29, 1.82) is 0 Å². The SMILES string of the molecule is CCOC(=O)[C@H]1CCCN(Cc2ccc3c(c2)CCC3)C1. The van der Waals surface area contributed by atoms with E-state index in [9.17, 15) is 4.79 Å². The van der Waals surface area contributed by atoms with Gasteiger partial charge in [0.05, 0.1) is 12.5 Å². The maximum Gasteiger partial charge on any atom is 0.310 e. The topological polar surface area (TPSA) is 29.5 Å². The van der Waals surface area contributed by atoms with Crippen LogP contribution in [0.3, 0.4) is 0 Å². The van der Waals surface area contributed by atoms with Crippen molar-refractivity contribution >= 4 is 5.97 Å². The van der Waals surface area contributed by atoms with Crippen LogP contribution in [0.15, 0.2) is 18.2 Å². The van der Waals surface area contributed by atoms with Crippen molar-refractivity contribution in [1.82, 2.24) is 4.90 Å². The van der Waals surface area contributed by atoms with E-state index < -0.39 is 0 Å². The average molecular weight is 287 g/mol. The monoisotopic (exact) mass is 287 g/mol. The summed E-state index contributed by atoms with van der Waals surface area (Å²) in [4.78, 5) is 14.3. The van der Waals surface area contributed by atoms with E-state index in [4.69, 9.17) is 4.74 Å². The van der Waals surface area contributed by atoms with Crippen LogP contribution >= 0.6 is 0 Å². The summed E-state index contributed by atoms with van der Waals surface area (Å²) < 4.78 is 5.17. The highest BCUT2D eigenvalue weighted by Crippen LogP contribution is 2.25. The molecule has 0 amide bonds. The fourth-order valence-corrected chi connectivity index (χ4v) is 3.63. The van der Waals surface area contributed by atoms with Gasteiger partial charge in [0.2, 0.25) is 0 Å². The van der Waals surface area contributed by atoms with Crippen molar-refractivity contribution < 1.29 is 9.53 Å². The van der Waals surface area contributed by atoms with Crippen LogP contribution in [-0.4, -0.2) is 30.6 Å². The molecule has 0 saturated carbocycles. The Morgan fingerprint density at radius 3 is 3.00 bits per heavy atom. The average Bonchev–Trinajstić information content (AvgIpc) is 2.95. The summed E-state index contributed by atoms with van der Waals surface area (Å²) >= 11 is 0. The molecule has 3 heteroatoms. The minimum absolute atomic E-state index is 0.0175. The summed E-state index contributed by atoms with van der Waals surface area (Å²) in [6.07, 6.45) is 5.83. The zero-order valence-corrected chi connectivity index (χ0v) is 12.9. The molecule has 114 valence electrons. The number of benzene rings is 1. The third kappa shape index (κ3) is 3.46. The Bertz CT molecular complexity index is 512. The number of aryl methyl sites for hydroxylation is 2. The summed E-state index contributed by atoms with van der Waals surface area (Å²) in [5.41, 5.74) is 4.45. The van der Waals surface area contributed by atoms with E-state index in [1.54, 1.807) is 0 Å². The van der Waals surface area contributed by atoms with Crippen molar-refractivity contribution in [2.45, 2.75) is 45.6 Å². The maximum atomic E-state index is 11.9. The summed E-state index contributed by atoms with van der Waals surface area (Å²) in [6, 6.07) is 6.93. The Morgan fingerprint density at radius 1 is 1.29 bits per heavy atom. The lowest BCUT2D eigenvalue weighted by Crippen LogP contribution is -2.38. The molecule has 1 heterocycles. The van der Waals surface area contributed by atoms with Crippen molar-refractivity contribution in [3.05, 3.63) is 34.9 Å². The number of likely N-dealkylation sites (tertiary alicyclic amines) is 1. The molecule has 1 aliphatic heterocycles. The van der Waals surface area contributed by atoms with E-state index in [0.717, 1.165) is 32.5 Å². The van der Waals surface area contributed by atoms with E-state index in [0.29, 0.717) is 6.61 Å². The standard InChI is InChI=1S/C18H25NO2/c1-2-21-18(20)17-7-4-10-19(13-17)12-14-8-9-15-5-3-6-16(15)11-14/h8-9,11,17H,2-7,10,12-13H2,1H3/t17-/m0/s1. The van der Waals surface area contributed by atoms with Gasteiger partial charge in [-0.3, -0.25) is 9.69 Å². The quantitative estimate of drug-likeness (QED) is 0.797. The lowest BCUT2D eigenvalue weighted by atomic mass is 9.97. The van der Waals surface area contributed by atoms with Crippen molar-refractivity contribution in [3.63, 3.8) is 0 Å². The fraction of sp³-hybridized carbons (Fsp3) is 0.611. The molecule has 0 radical (unpaired) electrons. The van der Waals surface area contributed by atoms with Gasteiger partial charge in [0.15, 0.2) is 0 Å². The third-order valence-electron chi connectivity index (χ3n) is 4.69. The van der Waals surface area contributed by atoms with Crippen LogP contribution in [0.25, 0.3) is 0 Å². The number of rotatable bonds is 4. The molecule has 3 nitrogen and oxygen atoms in total. The number of fused-ring (bicyclic) bond motifs is 1. The van der Waals surface area contributed by atoms with Crippen LogP contribution in [0.4, 0.5) is 0 Å². The Labute approximate surface area is 127 Å². The van der Waals surface area contributed by atoms with Gasteiger partial charge >= 0.3 is 5.97 Å². The number of carbonyl (C=O) groups is 1. The number of hydrogen-bond acceptors (Lipinski definition) is 3. The molecule has 21 heavy (non-hydrogen) atoms. The maximum absolute atomic E-state index is 11.9. The molecule has 0 spiro atoms. The molecule has 1 aromatic carbocycles. The van der Waals surface area contributed by atoms with Crippen LogP contribution in [0.1, 0.15) is 42.9 Å². The van der Waals surface area contributed by atoms with Crippen LogP contribution in [0.5, 0.6) is 0 Å². The van der Waals surface area contributed by atoms with Gasteiger partial charge in [0.1, 0.15) is 0 Å². The number of ether oxygens (including phenoxy) is 1. The lowest BCUT2D eigenvalue weighted by Gasteiger charge is -2.31. The van der Waals surface area contributed by atoms with Gasteiger partial charge in [0.25, 0.3) is 0 Å². The van der Waals surface area contributed by atoms with Gasteiger partial charge < -0.3 is 4.74 Å². The molecule has 0 unspecified atom stereocenters. The smallest absolute Gasteiger partial charge is 0.310 e. The fourth-order valence-electron chi connectivity index (χ4n) is 3.63.